The van der Waals surface area contributed by atoms with E-state index in [9.17, 15) is 0 Å². The fraction of sp³-hybridized carbons (Fsp3) is 0.917. The van der Waals surface area contributed by atoms with Crippen molar-refractivity contribution in [1.82, 2.24) is 4.90 Å². The van der Waals surface area contributed by atoms with Gasteiger partial charge in [0.2, 0.25) is 0 Å². The number of hydrogen-bond acceptors (Lipinski definition) is 3. The smallest absolute Gasteiger partial charge is 0.0684 e. The van der Waals surface area contributed by atoms with Crippen molar-refractivity contribution < 1.29 is 0 Å². The molecule has 2 atom stereocenters. The van der Waals surface area contributed by atoms with Crippen molar-refractivity contribution in [3.63, 3.8) is 0 Å². The molecule has 0 amide bonds. The van der Waals surface area contributed by atoms with Gasteiger partial charge in [0.15, 0.2) is 0 Å². The molecule has 2 N–H and O–H groups in total. The zero-order valence-electron chi connectivity index (χ0n) is 10.2. The minimum atomic E-state index is -0.195. The van der Waals surface area contributed by atoms with E-state index in [4.69, 9.17) is 11.0 Å². The number of hydrogen-bond donors (Lipinski definition) is 1. The van der Waals surface area contributed by atoms with Crippen LogP contribution in [0.25, 0.3) is 0 Å². The average Bonchev–Trinajstić information content (AvgIpc) is 2.16. The van der Waals surface area contributed by atoms with Gasteiger partial charge in [-0.05, 0) is 53.1 Å². The lowest BCUT2D eigenvalue weighted by Crippen LogP contribution is -2.46. The molecule has 3 heteroatoms. The summed E-state index contributed by atoms with van der Waals surface area (Å²) in [6.45, 7) is 8.36. The minimum absolute atomic E-state index is 0.195. The highest BCUT2D eigenvalue weighted by Crippen LogP contribution is 2.22. The second-order valence-corrected chi connectivity index (χ2v) is 5.42. The Balaban J connectivity index is 2.37. The van der Waals surface area contributed by atoms with Crippen molar-refractivity contribution in [2.24, 2.45) is 11.1 Å². The SMILES string of the molecule is CC1CC(N)CCN1CCC(C)(C)C#N. The van der Waals surface area contributed by atoms with Gasteiger partial charge in [0.25, 0.3) is 0 Å². The van der Waals surface area contributed by atoms with Gasteiger partial charge in [0, 0.05) is 12.1 Å². The molecule has 86 valence electrons. The van der Waals surface area contributed by atoms with Gasteiger partial charge in [0.05, 0.1) is 11.5 Å². The molecule has 1 fully saturated rings. The summed E-state index contributed by atoms with van der Waals surface area (Å²) in [5.41, 5.74) is 5.72. The van der Waals surface area contributed by atoms with Crippen LogP contribution in [0.1, 0.15) is 40.0 Å². The Hall–Kier alpha value is -0.590. The van der Waals surface area contributed by atoms with E-state index in [1.54, 1.807) is 0 Å². The van der Waals surface area contributed by atoms with E-state index in [1.807, 2.05) is 13.8 Å². The summed E-state index contributed by atoms with van der Waals surface area (Å²) in [5.74, 6) is 0. The first-order valence-corrected chi connectivity index (χ1v) is 5.85. The highest BCUT2D eigenvalue weighted by molar-refractivity contribution is 4.93. The van der Waals surface area contributed by atoms with Crippen molar-refractivity contribution in [2.45, 2.75) is 52.1 Å². The summed E-state index contributed by atoms with van der Waals surface area (Å²) < 4.78 is 0. The predicted octanol–water partition coefficient (Wildman–Crippen LogP) is 1.74. The monoisotopic (exact) mass is 209 g/mol. The lowest BCUT2D eigenvalue weighted by Gasteiger charge is -2.37. The van der Waals surface area contributed by atoms with E-state index in [0.29, 0.717) is 12.1 Å². The molecule has 1 saturated heterocycles. The summed E-state index contributed by atoms with van der Waals surface area (Å²) in [6.07, 6.45) is 3.13. The number of nitrogens with zero attached hydrogens (tertiary/aromatic N) is 2. The average molecular weight is 209 g/mol. The summed E-state index contributed by atoms with van der Waals surface area (Å²) in [7, 11) is 0. The molecule has 2 unspecified atom stereocenters. The first-order valence-electron chi connectivity index (χ1n) is 5.85. The summed E-state index contributed by atoms with van der Waals surface area (Å²) in [4.78, 5) is 2.46. The second kappa shape index (κ2) is 4.96. The van der Waals surface area contributed by atoms with Gasteiger partial charge in [-0.25, -0.2) is 0 Å². The normalized spacial score (nSPS) is 28.7. The predicted molar refractivity (Wildman–Crippen MR) is 62.3 cm³/mol. The van der Waals surface area contributed by atoms with Gasteiger partial charge in [-0.2, -0.15) is 5.26 Å². The molecule has 0 bridgehead atoms. The number of nitrogens with two attached hydrogens (primary N) is 1. The molecular formula is C12H23N3. The van der Waals surface area contributed by atoms with E-state index in [1.165, 1.54) is 0 Å². The van der Waals surface area contributed by atoms with Crippen molar-refractivity contribution in [2.75, 3.05) is 13.1 Å². The molecular weight excluding hydrogens is 186 g/mol. The van der Waals surface area contributed by atoms with Crippen molar-refractivity contribution in [3.05, 3.63) is 0 Å². The Morgan fingerprint density at radius 1 is 1.53 bits per heavy atom. The Labute approximate surface area is 93.2 Å². The Morgan fingerprint density at radius 2 is 2.20 bits per heavy atom. The van der Waals surface area contributed by atoms with Crippen LogP contribution >= 0.6 is 0 Å². The van der Waals surface area contributed by atoms with Gasteiger partial charge >= 0.3 is 0 Å². The zero-order valence-corrected chi connectivity index (χ0v) is 10.2. The molecule has 15 heavy (non-hydrogen) atoms. The first-order chi connectivity index (χ1) is 6.94. The number of piperidine rings is 1. The highest BCUT2D eigenvalue weighted by atomic mass is 15.2. The third-order valence-corrected chi connectivity index (χ3v) is 3.38. The van der Waals surface area contributed by atoms with Crippen LogP contribution in [0.5, 0.6) is 0 Å². The van der Waals surface area contributed by atoms with E-state index >= 15 is 0 Å². The fourth-order valence-corrected chi connectivity index (χ4v) is 2.07. The molecule has 1 rings (SSSR count). The summed E-state index contributed by atoms with van der Waals surface area (Å²) in [5, 5.41) is 8.94. The molecule has 1 aliphatic heterocycles. The van der Waals surface area contributed by atoms with Crippen LogP contribution in [0.3, 0.4) is 0 Å². The minimum Gasteiger partial charge on any atom is -0.328 e. The van der Waals surface area contributed by atoms with Crippen LogP contribution in [0.4, 0.5) is 0 Å². The lowest BCUT2D eigenvalue weighted by molar-refractivity contribution is 0.135. The summed E-state index contributed by atoms with van der Waals surface area (Å²) >= 11 is 0. The number of rotatable bonds is 3. The van der Waals surface area contributed by atoms with Crippen LogP contribution in [0.15, 0.2) is 0 Å². The fourth-order valence-electron chi connectivity index (χ4n) is 2.07. The van der Waals surface area contributed by atoms with E-state index in [0.717, 1.165) is 32.4 Å². The van der Waals surface area contributed by atoms with Crippen LogP contribution in [0, 0.1) is 16.7 Å². The number of likely N-dealkylation sites (tertiary alicyclic amines) is 1. The van der Waals surface area contributed by atoms with Crippen molar-refractivity contribution in [3.8, 4) is 6.07 Å². The highest BCUT2D eigenvalue weighted by Gasteiger charge is 2.25. The van der Waals surface area contributed by atoms with Crippen molar-refractivity contribution >= 4 is 0 Å². The molecule has 0 radical (unpaired) electrons. The molecule has 0 spiro atoms. The maximum absolute atomic E-state index is 8.94. The first kappa shape index (κ1) is 12.5. The van der Waals surface area contributed by atoms with Gasteiger partial charge < -0.3 is 10.6 Å². The van der Waals surface area contributed by atoms with Gasteiger partial charge in [-0.1, -0.05) is 0 Å². The third-order valence-electron chi connectivity index (χ3n) is 3.38. The molecule has 0 aliphatic carbocycles. The van der Waals surface area contributed by atoms with Gasteiger partial charge in [-0.15, -0.1) is 0 Å². The van der Waals surface area contributed by atoms with E-state index in [-0.39, 0.29) is 5.41 Å². The lowest BCUT2D eigenvalue weighted by atomic mass is 9.90. The molecule has 0 aromatic carbocycles. The molecule has 1 heterocycles. The molecule has 1 aliphatic rings. The molecule has 0 saturated carbocycles. The Bertz CT molecular complexity index is 242. The maximum Gasteiger partial charge on any atom is 0.0684 e. The van der Waals surface area contributed by atoms with Gasteiger partial charge in [-0.3, -0.25) is 0 Å². The van der Waals surface area contributed by atoms with Gasteiger partial charge in [0.1, 0.15) is 0 Å². The van der Waals surface area contributed by atoms with Crippen LogP contribution in [0.2, 0.25) is 0 Å². The van der Waals surface area contributed by atoms with Crippen molar-refractivity contribution in [1.29, 1.82) is 5.26 Å². The quantitative estimate of drug-likeness (QED) is 0.770. The number of nitriles is 1. The second-order valence-electron chi connectivity index (χ2n) is 5.42. The molecule has 0 aromatic rings. The molecule has 3 nitrogen and oxygen atoms in total. The Kier molecular flexibility index (Phi) is 4.12. The van der Waals surface area contributed by atoms with Crippen LogP contribution < -0.4 is 5.73 Å². The zero-order chi connectivity index (χ0) is 11.5. The topological polar surface area (TPSA) is 53.0 Å². The van der Waals surface area contributed by atoms with E-state index in [2.05, 4.69) is 17.9 Å². The van der Waals surface area contributed by atoms with Crippen LogP contribution in [-0.4, -0.2) is 30.1 Å². The third kappa shape index (κ3) is 3.81. The van der Waals surface area contributed by atoms with E-state index < -0.39 is 0 Å². The standard InChI is InChI=1S/C12H23N3/c1-10-8-11(14)4-6-15(10)7-5-12(2,3)9-13/h10-11H,4-8,14H2,1-3H3. The Morgan fingerprint density at radius 3 is 2.73 bits per heavy atom. The largest absolute Gasteiger partial charge is 0.328 e. The summed E-state index contributed by atoms with van der Waals surface area (Å²) in [6, 6.07) is 3.30. The maximum atomic E-state index is 8.94. The molecule has 0 aromatic heterocycles. The van der Waals surface area contributed by atoms with Crippen LogP contribution in [-0.2, 0) is 0 Å².